The molecule has 1 aliphatic rings. The molecule has 0 saturated heterocycles. The van der Waals surface area contributed by atoms with Crippen LogP contribution in [0.4, 0.5) is 0 Å². The number of alkyl halides is 1. The number of halogens is 2. The van der Waals surface area contributed by atoms with Gasteiger partial charge in [-0.3, -0.25) is 0 Å². The molecule has 0 bridgehead atoms. The third-order valence-corrected chi connectivity index (χ3v) is 5.09. The van der Waals surface area contributed by atoms with E-state index in [1.54, 1.807) is 0 Å². The summed E-state index contributed by atoms with van der Waals surface area (Å²) in [6.45, 7) is 2.30. The summed E-state index contributed by atoms with van der Waals surface area (Å²) >= 11 is 9.95. The third-order valence-electron chi connectivity index (χ3n) is 3.99. The van der Waals surface area contributed by atoms with Crippen molar-refractivity contribution in [2.75, 3.05) is 0 Å². The quantitative estimate of drug-likeness (QED) is 0.653. The molecule has 1 aromatic carbocycles. The van der Waals surface area contributed by atoms with Gasteiger partial charge in [-0.15, -0.1) is 11.6 Å². The Morgan fingerprint density at radius 2 is 1.94 bits per heavy atom. The smallest absolute Gasteiger partial charge is 0.0367 e. The molecule has 2 rings (SSSR count). The second-order valence-electron chi connectivity index (χ2n) is 5.19. The molecule has 3 atom stereocenters. The van der Waals surface area contributed by atoms with Crippen LogP contribution in [-0.4, -0.2) is 5.38 Å². The van der Waals surface area contributed by atoms with Crippen LogP contribution in [0.5, 0.6) is 0 Å². The van der Waals surface area contributed by atoms with Gasteiger partial charge in [-0.05, 0) is 55.2 Å². The van der Waals surface area contributed by atoms with Gasteiger partial charge < -0.3 is 0 Å². The van der Waals surface area contributed by atoms with E-state index in [0.29, 0.717) is 11.3 Å². The molecular formula is C15H20BrCl. The minimum Gasteiger partial charge on any atom is -0.123 e. The summed E-state index contributed by atoms with van der Waals surface area (Å²) in [6, 6.07) is 8.67. The van der Waals surface area contributed by atoms with E-state index in [9.17, 15) is 0 Å². The number of rotatable bonds is 3. The van der Waals surface area contributed by atoms with E-state index in [0.717, 1.165) is 16.8 Å². The zero-order valence-corrected chi connectivity index (χ0v) is 12.7. The fraction of sp³-hybridized carbons (Fsp3) is 0.600. The van der Waals surface area contributed by atoms with E-state index < -0.39 is 0 Å². The highest BCUT2D eigenvalue weighted by Gasteiger charge is 2.28. The van der Waals surface area contributed by atoms with Gasteiger partial charge in [0.05, 0.1) is 0 Å². The molecule has 17 heavy (non-hydrogen) atoms. The Kier molecular flexibility index (Phi) is 4.93. The van der Waals surface area contributed by atoms with Gasteiger partial charge in [0.2, 0.25) is 0 Å². The van der Waals surface area contributed by atoms with Gasteiger partial charge in [-0.1, -0.05) is 41.4 Å². The van der Waals surface area contributed by atoms with Crippen LogP contribution in [0, 0.1) is 11.8 Å². The van der Waals surface area contributed by atoms with Crippen molar-refractivity contribution in [3.63, 3.8) is 0 Å². The lowest BCUT2D eigenvalue weighted by Crippen LogP contribution is -2.26. The summed E-state index contributed by atoms with van der Waals surface area (Å²) in [5.41, 5.74) is 1.42. The average molecular weight is 316 g/mol. The van der Waals surface area contributed by atoms with Crippen molar-refractivity contribution in [2.45, 2.75) is 44.4 Å². The minimum atomic E-state index is 0.376. The van der Waals surface area contributed by atoms with Crippen molar-refractivity contribution in [3.05, 3.63) is 34.3 Å². The Hall–Kier alpha value is -0.0100. The van der Waals surface area contributed by atoms with Gasteiger partial charge in [0.15, 0.2) is 0 Å². The van der Waals surface area contributed by atoms with Crippen LogP contribution >= 0.6 is 27.5 Å². The van der Waals surface area contributed by atoms with Crippen LogP contribution in [0.1, 0.15) is 38.2 Å². The standard InChI is InChI=1S/C15H20BrCl/c1-2-11-5-8-15(17)13(9-11)10-12-3-6-14(16)7-4-12/h3-4,6-7,11,13,15H,2,5,8-10H2,1H3. The first kappa shape index (κ1) is 13.4. The maximum Gasteiger partial charge on any atom is 0.0367 e. The Balaban J connectivity index is 1.98. The van der Waals surface area contributed by atoms with E-state index in [-0.39, 0.29) is 0 Å². The van der Waals surface area contributed by atoms with Crippen molar-refractivity contribution >= 4 is 27.5 Å². The van der Waals surface area contributed by atoms with Crippen LogP contribution < -0.4 is 0 Å². The molecule has 2 heteroatoms. The largest absolute Gasteiger partial charge is 0.123 e. The molecular weight excluding hydrogens is 296 g/mol. The fourth-order valence-corrected chi connectivity index (χ4v) is 3.41. The molecule has 1 aromatic rings. The van der Waals surface area contributed by atoms with Gasteiger partial charge in [-0.25, -0.2) is 0 Å². The lowest BCUT2D eigenvalue weighted by molar-refractivity contribution is 0.265. The Morgan fingerprint density at radius 1 is 1.24 bits per heavy atom. The highest BCUT2D eigenvalue weighted by atomic mass is 79.9. The topological polar surface area (TPSA) is 0 Å². The van der Waals surface area contributed by atoms with Gasteiger partial charge in [0.25, 0.3) is 0 Å². The highest BCUT2D eigenvalue weighted by molar-refractivity contribution is 9.10. The van der Waals surface area contributed by atoms with Crippen molar-refractivity contribution in [2.24, 2.45) is 11.8 Å². The number of hydrogen-bond acceptors (Lipinski definition) is 0. The first-order valence-corrected chi connectivity index (χ1v) is 7.80. The second kappa shape index (κ2) is 6.24. The molecule has 0 amide bonds. The molecule has 0 nitrogen and oxygen atoms in total. The first-order chi connectivity index (χ1) is 8.19. The number of hydrogen-bond donors (Lipinski definition) is 0. The maximum absolute atomic E-state index is 6.48. The molecule has 0 aromatic heterocycles. The summed E-state index contributed by atoms with van der Waals surface area (Å²) in [7, 11) is 0. The molecule has 0 aliphatic heterocycles. The van der Waals surface area contributed by atoms with E-state index in [4.69, 9.17) is 11.6 Å². The van der Waals surface area contributed by atoms with Gasteiger partial charge in [0, 0.05) is 9.85 Å². The van der Waals surface area contributed by atoms with Crippen LogP contribution in [0.25, 0.3) is 0 Å². The minimum absolute atomic E-state index is 0.376. The van der Waals surface area contributed by atoms with Crippen molar-refractivity contribution in [1.82, 2.24) is 0 Å². The molecule has 0 spiro atoms. The SMILES string of the molecule is CCC1CCC(Cl)C(Cc2ccc(Br)cc2)C1. The maximum atomic E-state index is 6.48. The highest BCUT2D eigenvalue weighted by Crippen LogP contribution is 2.36. The van der Waals surface area contributed by atoms with Gasteiger partial charge in [-0.2, -0.15) is 0 Å². The molecule has 0 N–H and O–H groups in total. The first-order valence-electron chi connectivity index (χ1n) is 6.57. The zero-order chi connectivity index (χ0) is 12.3. The normalized spacial score (nSPS) is 29.2. The second-order valence-corrected chi connectivity index (χ2v) is 6.67. The Labute approximate surface area is 118 Å². The predicted molar refractivity (Wildman–Crippen MR) is 78.6 cm³/mol. The lowest BCUT2D eigenvalue weighted by Gasteiger charge is -2.32. The lowest BCUT2D eigenvalue weighted by atomic mass is 9.77. The van der Waals surface area contributed by atoms with Crippen LogP contribution in [0.15, 0.2) is 28.7 Å². The van der Waals surface area contributed by atoms with Crippen molar-refractivity contribution in [1.29, 1.82) is 0 Å². The van der Waals surface area contributed by atoms with Crippen molar-refractivity contribution < 1.29 is 0 Å². The van der Waals surface area contributed by atoms with Crippen LogP contribution in [0.2, 0.25) is 0 Å². The molecule has 1 fully saturated rings. The monoisotopic (exact) mass is 314 g/mol. The summed E-state index contributed by atoms with van der Waals surface area (Å²) in [6.07, 6.45) is 6.27. The molecule has 0 radical (unpaired) electrons. The average Bonchev–Trinajstić information content (AvgIpc) is 2.35. The Morgan fingerprint density at radius 3 is 2.59 bits per heavy atom. The number of benzene rings is 1. The van der Waals surface area contributed by atoms with Crippen LogP contribution in [-0.2, 0) is 6.42 Å². The third kappa shape index (κ3) is 3.72. The summed E-state index contributed by atoms with van der Waals surface area (Å²) < 4.78 is 1.15. The van der Waals surface area contributed by atoms with E-state index in [1.165, 1.54) is 31.2 Å². The Bertz CT molecular complexity index is 346. The van der Waals surface area contributed by atoms with Crippen LogP contribution in [0.3, 0.4) is 0 Å². The molecule has 0 heterocycles. The summed E-state index contributed by atoms with van der Waals surface area (Å²) in [5.74, 6) is 1.56. The predicted octanol–water partition coefficient (Wildman–Crippen LogP) is 5.43. The van der Waals surface area contributed by atoms with E-state index in [1.807, 2.05) is 0 Å². The molecule has 94 valence electrons. The van der Waals surface area contributed by atoms with E-state index >= 15 is 0 Å². The zero-order valence-electron chi connectivity index (χ0n) is 10.3. The van der Waals surface area contributed by atoms with E-state index in [2.05, 4.69) is 47.1 Å². The summed E-state index contributed by atoms with van der Waals surface area (Å²) in [4.78, 5) is 0. The molecule has 3 unspecified atom stereocenters. The molecule has 1 aliphatic carbocycles. The summed E-state index contributed by atoms with van der Waals surface area (Å²) in [5, 5.41) is 0.376. The molecule has 1 saturated carbocycles. The fourth-order valence-electron chi connectivity index (χ4n) is 2.83. The van der Waals surface area contributed by atoms with Crippen molar-refractivity contribution in [3.8, 4) is 0 Å². The van der Waals surface area contributed by atoms with Gasteiger partial charge >= 0.3 is 0 Å². The van der Waals surface area contributed by atoms with Gasteiger partial charge in [0.1, 0.15) is 0 Å².